The zero-order valence-corrected chi connectivity index (χ0v) is 13.3. The van der Waals surface area contributed by atoms with Gasteiger partial charge < -0.3 is 5.32 Å². The van der Waals surface area contributed by atoms with Crippen LogP contribution in [-0.2, 0) is 13.1 Å². The Bertz CT molecular complexity index is 886. The van der Waals surface area contributed by atoms with Crippen molar-refractivity contribution < 1.29 is 8.78 Å². The molecular weight excluding hydrogens is 324 g/mol. The molecule has 0 radical (unpaired) electrons. The highest BCUT2D eigenvalue weighted by Gasteiger charge is 2.20. The number of pyridine rings is 1. The zero-order valence-electron chi connectivity index (χ0n) is 13.3. The minimum Gasteiger partial charge on any atom is -0.311 e. The predicted octanol–water partition coefficient (Wildman–Crippen LogP) is 3.56. The van der Waals surface area contributed by atoms with Crippen molar-refractivity contribution in [3.63, 3.8) is 0 Å². The Kier molecular flexibility index (Phi) is 5.11. The highest BCUT2D eigenvalue weighted by Crippen LogP contribution is 2.34. The fourth-order valence-corrected chi connectivity index (χ4v) is 2.54. The molecule has 1 N–H and O–H groups in total. The minimum absolute atomic E-state index is 0.152. The number of aromatic nitrogens is 3. The lowest BCUT2D eigenvalue weighted by atomic mass is 10.0. The Morgan fingerprint density at radius 3 is 2.76 bits per heavy atom. The van der Waals surface area contributed by atoms with E-state index in [0.717, 1.165) is 0 Å². The second-order valence-electron chi connectivity index (χ2n) is 5.33. The van der Waals surface area contributed by atoms with Crippen LogP contribution < -0.4 is 5.32 Å². The van der Waals surface area contributed by atoms with E-state index in [1.54, 1.807) is 29.1 Å². The molecule has 0 aliphatic rings. The lowest BCUT2D eigenvalue weighted by Crippen LogP contribution is -2.20. The maximum atomic E-state index is 14.7. The van der Waals surface area contributed by atoms with Crippen LogP contribution in [0.25, 0.3) is 16.1 Å². The first-order chi connectivity index (χ1) is 12.2. The Labute approximate surface area is 143 Å². The third-order valence-electron chi connectivity index (χ3n) is 3.70. The number of hydrogen-bond acceptors (Lipinski definition) is 3. The average molecular weight is 339 g/mol. The summed E-state index contributed by atoms with van der Waals surface area (Å²) in [5.74, 6) is -1.74. The second kappa shape index (κ2) is 7.64. The maximum Gasteiger partial charge on any atom is 0.257 e. The summed E-state index contributed by atoms with van der Waals surface area (Å²) in [4.78, 5) is 7.10. The Hall–Kier alpha value is -3.11. The third kappa shape index (κ3) is 3.70. The van der Waals surface area contributed by atoms with Crippen molar-refractivity contribution in [2.45, 2.75) is 13.1 Å². The highest BCUT2D eigenvalue weighted by atomic mass is 19.1. The van der Waals surface area contributed by atoms with Crippen molar-refractivity contribution in [2.24, 2.45) is 0 Å². The van der Waals surface area contributed by atoms with Crippen molar-refractivity contribution in [1.82, 2.24) is 20.1 Å². The van der Waals surface area contributed by atoms with Gasteiger partial charge in [-0.15, -0.1) is 0 Å². The number of rotatable bonds is 6. The predicted molar refractivity (Wildman–Crippen MR) is 89.8 cm³/mol. The molecule has 25 heavy (non-hydrogen) atoms. The monoisotopic (exact) mass is 339 g/mol. The molecule has 3 aromatic rings. The van der Waals surface area contributed by atoms with Gasteiger partial charge in [0, 0.05) is 37.2 Å². The number of benzene rings is 1. The largest absolute Gasteiger partial charge is 0.311 e. The van der Waals surface area contributed by atoms with Gasteiger partial charge in [-0.1, -0.05) is 6.07 Å². The van der Waals surface area contributed by atoms with Crippen molar-refractivity contribution >= 4 is 5.69 Å². The molecule has 0 saturated carbocycles. The van der Waals surface area contributed by atoms with E-state index in [1.807, 2.05) is 12.3 Å². The first kappa shape index (κ1) is 16.7. The van der Waals surface area contributed by atoms with Gasteiger partial charge in [0.05, 0.1) is 18.8 Å². The number of nitrogens with zero attached hydrogens (tertiary/aromatic N) is 4. The summed E-state index contributed by atoms with van der Waals surface area (Å²) in [6.07, 6.45) is 5.06. The standard InChI is InChI=1S/C18H15F2N5/c1-21-18-14(19)11-13(12-22-8-10-25-9-4-7-24-25)16(17(18)20)15-5-2-3-6-23-15/h2-7,9,11,22H,8,10,12H2. The molecule has 0 unspecified atom stereocenters. The molecule has 7 heteroatoms. The molecule has 0 fully saturated rings. The zero-order chi connectivity index (χ0) is 17.6. The van der Waals surface area contributed by atoms with Gasteiger partial charge in [0.1, 0.15) is 11.6 Å². The topological polar surface area (TPSA) is 47.1 Å². The van der Waals surface area contributed by atoms with E-state index in [2.05, 4.69) is 20.2 Å². The van der Waals surface area contributed by atoms with Crippen LogP contribution in [0.3, 0.4) is 0 Å². The Morgan fingerprint density at radius 1 is 1.20 bits per heavy atom. The molecule has 2 aromatic heterocycles. The van der Waals surface area contributed by atoms with Crippen molar-refractivity contribution in [3.8, 4) is 11.3 Å². The summed E-state index contributed by atoms with van der Waals surface area (Å²) in [5.41, 5.74) is 0.330. The fraction of sp³-hybridized carbons (Fsp3) is 0.167. The van der Waals surface area contributed by atoms with Gasteiger partial charge in [-0.25, -0.2) is 13.6 Å². The van der Waals surface area contributed by atoms with Crippen molar-refractivity contribution in [3.05, 3.63) is 77.5 Å². The molecule has 0 atom stereocenters. The van der Waals surface area contributed by atoms with E-state index in [4.69, 9.17) is 6.57 Å². The van der Waals surface area contributed by atoms with Crippen LogP contribution in [0, 0.1) is 18.2 Å². The van der Waals surface area contributed by atoms with Crippen LogP contribution in [-0.4, -0.2) is 21.3 Å². The molecule has 2 heterocycles. The van der Waals surface area contributed by atoms with Crippen molar-refractivity contribution in [2.75, 3.05) is 6.54 Å². The molecule has 126 valence electrons. The van der Waals surface area contributed by atoms with Crippen LogP contribution in [0.2, 0.25) is 0 Å². The van der Waals surface area contributed by atoms with Crippen LogP contribution in [0.1, 0.15) is 5.56 Å². The Morgan fingerprint density at radius 2 is 2.08 bits per heavy atom. The summed E-state index contributed by atoms with van der Waals surface area (Å²) in [7, 11) is 0. The molecule has 0 amide bonds. The molecule has 0 bridgehead atoms. The van der Waals surface area contributed by atoms with Gasteiger partial charge in [0.15, 0.2) is 0 Å². The van der Waals surface area contributed by atoms with Crippen LogP contribution in [0.5, 0.6) is 0 Å². The molecule has 5 nitrogen and oxygen atoms in total. The normalized spacial score (nSPS) is 10.6. The second-order valence-corrected chi connectivity index (χ2v) is 5.33. The molecular formula is C18H15F2N5. The lowest BCUT2D eigenvalue weighted by molar-refractivity contribution is 0.549. The Balaban J connectivity index is 1.86. The summed E-state index contributed by atoms with van der Waals surface area (Å²) in [6, 6.07) is 8.09. The highest BCUT2D eigenvalue weighted by molar-refractivity contribution is 5.71. The van der Waals surface area contributed by atoms with E-state index >= 15 is 0 Å². The van der Waals surface area contributed by atoms with E-state index in [0.29, 0.717) is 24.3 Å². The fourth-order valence-electron chi connectivity index (χ4n) is 2.54. The third-order valence-corrected chi connectivity index (χ3v) is 3.70. The summed E-state index contributed by atoms with van der Waals surface area (Å²) in [5, 5.41) is 7.23. The molecule has 3 rings (SSSR count). The van der Waals surface area contributed by atoms with Gasteiger partial charge >= 0.3 is 0 Å². The quantitative estimate of drug-likeness (QED) is 0.552. The molecule has 0 aliphatic carbocycles. The van der Waals surface area contributed by atoms with E-state index < -0.39 is 17.3 Å². The first-order valence-corrected chi connectivity index (χ1v) is 7.68. The van der Waals surface area contributed by atoms with E-state index in [1.165, 1.54) is 12.3 Å². The average Bonchev–Trinajstić information content (AvgIpc) is 3.13. The number of halogens is 2. The van der Waals surface area contributed by atoms with E-state index in [-0.39, 0.29) is 12.1 Å². The molecule has 1 aromatic carbocycles. The number of nitrogens with one attached hydrogen (secondary N) is 1. The minimum atomic E-state index is -0.877. The van der Waals surface area contributed by atoms with Crippen LogP contribution >= 0.6 is 0 Å². The van der Waals surface area contributed by atoms with Gasteiger partial charge in [0.2, 0.25) is 0 Å². The van der Waals surface area contributed by atoms with Crippen molar-refractivity contribution in [1.29, 1.82) is 0 Å². The smallest absolute Gasteiger partial charge is 0.257 e. The molecule has 0 spiro atoms. The summed E-state index contributed by atoms with van der Waals surface area (Å²) >= 11 is 0. The van der Waals surface area contributed by atoms with E-state index in [9.17, 15) is 8.78 Å². The van der Waals surface area contributed by atoms with Gasteiger partial charge in [-0.3, -0.25) is 9.67 Å². The maximum absolute atomic E-state index is 14.7. The van der Waals surface area contributed by atoms with Gasteiger partial charge in [0.25, 0.3) is 5.69 Å². The lowest BCUT2D eigenvalue weighted by Gasteiger charge is -2.13. The van der Waals surface area contributed by atoms with Gasteiger partial charge in [-0.05, 0) is 29.8 Å². The molecule has 0 aliphatic heterocycles. The number of hydrogen-bond donors (Lipinski definition) is 1. The van der Waals surface area contributed by atoms with Gasteiger partial charge in [-0.2, -0.15) is 5.10 Å². The first-order valence-electron chi connectivity index (χ1n) is 7.68. The van der Waals surface area contributed by atoms with Crippen LogP contribution in [0.15, 0.2) is 48.9 Å². The SMILES string of the molecule is [C-]#[N+]c1c(F)cc(CNCCn2cccn2)c(-c2ccccn2)c1F. The van der Waals surface area contributed by atoms with Crippen LogP contribution in [0.4, 0.5) is 14.5 Å². The summed E-state index contributed by atoms with van der Waals surface area (Å²) in [6.45, 7) is 8.47. The summed E-state index contributed by atoms with van der Waals surface area (Å²) < 4.78 is 30.5. The molecule has 0 saturated heterocycles.